The maximum Gasteiger partial charge on any atom is 0.341 e. The fourth-order valence-corrected chi connectivity index (χ4v) is 2.40. The van der Waals surface area contributed by atoms with Crippen LogP contribution in [0, 0.1) is 23.6 Å². The molecule has 1 aromatic heterocycles. The van der Waals surface area contributed by atoms with Gasteiger partial charge in [0.25, 0.3) is 0 Å². The van der Waals surface area contributed by atoms with Gasteiger partial charge in [-0.25, -0.2) is 14.2 Å². The van der Waals surface area contributed by atoms with E-state index in [1.807, 2.05) is 0 Å². The molecule has 0 aromatic carbocycles. The van der Waals surface area contributed by atoms with E-state index in [0.717, 1.165) is 31.5 Å². The van der Waals surface area contributed by atoms with E-state index in [1.165, 1.54) is 0 Å². The number of hydrogen-bond donors (Lipinski definition) is 0. The van der Waals surface area contributed by atoms with Crippen LogP contribution in [-0.4, -0.2) is 17.1 Å². The minimum Gasteiger partial charge on any atom is -0.459 e. The van der Waals surface area contributed by atoms with Crippen molar-refractivity contribution in [3.05, 3.63) is 29.6 Å². The van der Waals surface area contributed by atoms with Crippen LogP contribution in [0.4, 0.5) is 8.78 Å². The Morgan fingerprint density at radius 2 is 2.05 bits per heavy atom. The minimum atomic E-state index is -1.28. The molecule has 0 radical (unpaired) electrons. The van der Waals surface area contributed by atoms with Gasteiger partial charge in [0, 0.05) is 6.20 Å². The first-order chi connectivity index (χ1) is 8.99. The Hall–Kier alpha value is -1.52. The Labute approximate surface area is 111 Å². The van der Waals surface area contributed by atoms with Crippen molar-refractivity contribution in [3.63, 3.8) is 0 Å². The van der Waals surface area contributed by atoms with Crippen molar-refractivity contribution < 1.29 is 18.3 Å². The molecule has 1 saturated carbocycles. The van der Waals surface area contributed by atoms with Gasteiger partial charge in [-0.2, -0.15) is 4.39 Å². The zero-order valence-corrected chi connectivity index (χ0v) is 11.0. The number of aromatic nitrogens is 1. The molecule has 104 valence electrons. The monoisotopic (exact) mass is 269 g/mol. The lowest BCUT2D eigenvalue weighted by Gasteiger charge is -2.31. The molecule has 0 bridgehead atoms. The third-order valence-corrected chi connectivity index (χ3v) is 3.89. The fraction of sp³-hybridized carbons (Fsp3) is 0.571. The highest BCUT2D eigenvalue weighted by Gasteiger charge is 2.28. The number of halogens is 2. The molecule has 1 aliphatic carbocycles. The average Bonchev–Trinajstić information content (AvgIpc) is 2.37. The molecule has 0 aliphatic heterocycles. The van der Waals surface area contributed by atoms with E-state index in [4.69, 9.17) is 4.74 Å². The summed E-state index contributed by atoms with van der Waals surface area (Å²) in [7, 11) is 0. The smallest absolute Gasteiger partial charge is 0.341 e. The summed E-state index contributed by atoms with van der Waals surface area (Å²) in [6.45, 7) is 4.28. The number of carbonyl (C=O) groups is 1. The van der Waals surface area contributed by atoms with Crippen LogP contribution in [0.2, 0.25) is 0 Å². The Kier molecular flexibility index (Phi) is 4.12. The summed E-state index contributed by atoms with van der Waals surface area (Å²) in [5.41, 5.74) is -0.390. The van der Waals surface area contributed by atoms with Gasteiger partial charge in [-0.15, -0.1) is 0 Å². The van der Waals surface area contributed by atoms with E-state index in [1.54, 1.807) is 0 Å². The number of hydrogen-bond acceptors (Lipinski definition) is 3. The van der Waals surface area contributed by atoms with Crippen molar-refractivity contribution in [3.8, 4) is 0 Å². The highest BCUT2D eigenvalue weighted by molar-refractivity contribution is 5.89. The van der Waals surface area contributed by atoms with Crippen molar-refractivity contribution in [2.45, 2.75) is 39.2 Å². The standard InChI is InChI=1S/C14H17F2NO2/c1-8-3-4-10(7-9(8)2)19-14(18)11-5-6-17-13(16)12(11)15/h5-6,8-10H,3-4,7H2,1-2H3. The van der Waals surface area contributed by atoms with Crippen molar-refractivity contribution in [1.29, 1.82) is 0 Å². The fourth-order valence-electron chi connectivity index (χ4n) is 2.40. The van der Waals surface area contributed by atoms with Gasteiger partial charge < -0.3 is 4.74 Å². The van der Waals surface area contributed by atoms with Crippen LogP contribution < -0.4 is 0 Å². The van der Waals surface area contributed by atoms with Crippen molar-refractivity contribution in [2.75, 3.05) is 0 Å². The molecule has 0 N–H and O–H groups in total. The molecule has 0 saturated heterocycles. The lowest BCUT2D eigenvalue weighted by molar-refractivity contribution is 0.00821. The summed E-state index contributed by atoms with van der Waals surface area (Å²) in [5.74, 6) is -2.27. The summed E-state index contributed by atoms with van der Waals surface area (Å²) in [6, 6.07) is 1.13. The predicted octanol–water partition coefficient (Wildman–Crippen LogP) is 3.34. The quantitative estimate of drug-likeness (QED) is 0.610. The van der Waals surface area contributed by atoms with E-state index >= 15 is 0 Å². The molecule has 3 unspecified atom stereocenters. The van der Waals surface area contributed by atoms with E-state index < -0.39 is 23.3 Å². The Balaban J connectivity index is 2.03. The van der Waals surface area contributed by atoms with Gasteiger partial charge in [0.15, 0.2) is 5.82 Å². The Bertz CT molecular complexity index is 479. The van der Waals surface area contributed by atoms with Gasteiger partial charge in [0.05, 0.1) is 0 Å². The van der Waals surface area contributed by atoms with Gasteiger partial charge >= 0.3 is 5.97 Å². The molecule has 19 heavy (non-hydrogen) atoms. The second kappa shape index (κ2) is 5.63. The molecule has 1 aliphatic rings. The van der Waals surface area contributed by atoms with Gasteiger partial charge in [-0.05, 0) is 37.2 Å². The molecule has 0 spiro atoms. The van der Waals surface area contributed by atoms with Crippen molar-refractivity contribution in [2.24, 2.45) is 11.8 Å². The van der Waals surface area contributed by atoms with Crippen LogP contribution in [0.25, 0.3) is 0 Å². The largest absolute Gasteiger partial charge is 0.459 e. The molecule has 0 amide bonds. The second-order valence-electron chi connectivity index (χ2n) is 5.26. The van der Waals surface area contributed by atoms with Gasteiger partial charge in [0.1, 0.15) is 11.7 Å². The SMILES string of the molecule is CC1CCC(OC(=O)c2ccnc(F)c2F)CC1C. The topological polar surface area (TPSA) is 39.2 Å². The van der Waals surface area contributed by atoms with Crippen LogP contribution in [0.1, 0.15) is 43.5 Å². The van der Waals surface area contributed by atoms with Crippen LogP contribution in [0.15, 0.2) is 12.3 Å². The highest BCUT2D eigenvalue weighted by Crippen LogP contribution is 2.31. The van der Waals surface area contributed by atoms with Crippen LogP contribution in [-0.2, 0) is 4.74 Å². The van der Waals surface area contributed by atoms with Crippen molar-refractivity contribution in [1.82, 2.24) is 4.98 Å². The minimum absolute atomic E-state index is 0.214. The van der Waals surface area contributed by atoms with E-state index in [2.05, 4.69) is 18.8 Å². The van der Waals surface area contributed by atoms with Crippen LogP contribution in [0.3, 0.4) is 0 Å². The number of pyridine rings is 1. The summed E-state index contributed by atoms with van der Waals surface area (Å²) in [4.78, 5) is 15.0. The first-order valence-corrected chi connectivity index (χ1v) is 6.50. The maximum absolute atomic E-state index is 13.4. The zero-order chi connectivity index (χ0) is 14.0. The summed E-state index contributed by atoms with van der Waals surface area (Å²) in [6.07, 6.45) is 3.36. The number of nitrogens with zero attached hydrogens (tertiary/aromatic N) is 1. The molecule has 1 heterocycles. The lowest BCUT2D eigenvalue weighted by atomic mass is 9.80. The first kappa shape index (κ1) is 13.9. The summed E-state index contributed by atoms with van der Waals surface area (Å²) >= 11 is 0. The average molecular weight is 269 g/mol. The molecular weight excluding hydrogens is 252 g/mol. The number of rotatable bonds is 2. The van der Waals surface area contributed by atoms with Gasteiger partial charge in [0.2, 0.25) is 5.95 Å². The third kappa shape index (κ3) is 3.08. The van der Waals surface area contributed by atoms with Crippen LogP contribution >= 0.6 is 0 Å². The molecule has 3 nitrogen and oxygen atoms in total. The molecule has 1 aromatic rings. The zero-order valence-electron chi connectivity index (χ0n) is 11.0. The van der Waals surface area contributed by atoms with Gasteiger partial charge in [-0.3, -0.25) is 0 Å². The third-order valence-electron chi connectivity index (χ3n) is 3.89. The van der Waals surface area contributed by atoms with Crippen molar-refractivity contribution >= 4 is 5.97 Å². The molecular formula is C14H17F2NO2. The lowest BCUT2D eigenvalue weighted by Crippen LogP contribution is -2.29. The molecule has 1 fully saturated rings. The Morgan fingerprint density at radius 1 is 1.32 bits per heavy atom. The van der Waals surface area contributed by atoms with Crippen LogP contribution in [0.5, 0.6) is 0 Å². The van der Waals surface area contributed by atoms with E-state index in [9.17, 15) is 13.6 Å². The predicted molar refractivity (Wildman–Crippen MR) is 65.5 cm³/mol. The summed E-state index contributed by atoms with van der Waals surface area (Å²) in [5, 5.41) is 0. The number of carbonyl (C=O) groups excluding carboxylic acids is 1. The normalized spacial score (nSPS) is 27.1. The second-order valence-corrected chi connectivity index (χ2v) is 5.26. The molecule has 2 rings (SSSR count). The molecule has 5 heteroatoms. The first-order valence-electron chi connectivity index (χ1n) is 6.50. The van der Waals surface area contributed by atoms with Gasteiger partial charge in [-0.1, -0.05) is 13.8 Å². The highest BCUT2D eigenvalue weighted by atomic mass is 19.2. The van der Waals surface area contributed by atoms with E-state index in [-0.39, 0.29) is 6.10 Å². The number of ether oxygens (including phenoxy) is 1. The Morgan fingerprint density at radius 3 is 2.74 bits per heavy atom. The number of esters is 1. The summed E-state index contributed by atoms with van der Waals surface area (Å²) < 4.78 is 31.6. The molecule has 3 atom stereocenters. The maximum atomic E-state index is 13.4. The van der Waals surface area contributed by atoms with E-state index in [0.29, 0.717) is 11.8 Å².